The number of hydrogen-bond donors (Lipinski definition) is 2. The van der Waals surface area contributed by atoms with Gasteiger partial charge in [-0.3, -0.25) is 4.79 Å². The molecule has 2 aromatic carbocycles. The van der Waals surface area contributed by atoms with Gasteiger partial charge in [0.1, 0.15) is 0 Å². The summed E-state index contributed by atoms with van der Waals surface area (Å²) in [6.45, 7) is -0.505. The number of ether oxygens (including phenoxy) is 2. The van der Waals surface area contributed by atoms with Crippen LogP contribution >= 0.6 is 23.1 Å². The second kappa shape index (κ2) is 11.6. The number of aromatic nitrogens is 2. The minimum atomic E-state index is -2.92. The van der Waals surface area contributed by atoms with Gasteiger partial charge in [0.15, 0.2) is 15.8 Å². The van der Waals surface area contributed by atoms with E-state index in [-0.39, 0.29) is 23.2 Å². The molecule has 32 heavy (non-hydrogen) atoms. The van der Waals surface area contributed by atoms with Gasteiger partial charge in [0.2, 0.25) is 11.0 Å². The Morgan fingerprint density at radius 3 is 2.66 bits per heavy atom. The molecule has 0 radical (unpaired) electrons. The fourth-order valence-corrected chi connectivity index (χ4v) is 4.27. The smallest absolute Gasteiger partial charge is 0.387 e. The number of aryl methyl sites for hydroxylation is 1. The third-order valence-corrected chi connectivity index (χ3v) is 6.19. The number of carbonyl (C=O) groups is 1. The molecule has 0 aliphatic heterocycles. The van der Waals surface area contributed by atoms with Crippen LogP contribution in [0.15, 0.2) is 46.8 Å². The van der Waals surface area contributed by atoms with Crippen LogP contribution in [-0.2, 0) is 11.2 Å². The molecule has 3 aromatic rings. The zero-order chi connectivity index (χ0) is 22.9. The van der Waals surface area contributed by atoms with E-state index in [4.69, 9.17) is 4.74 Å². The number of thioether (sulfide) groups is 1. The minimum Gasteiger partial charge on any atom is -0.493 e. The quantitative estimate of drug-likeness (QED) is 0.387. The van der Waals surface area contributed by atoms with Gasteiger partial charge in [-0.15, -0.1) is 10.2 Å². The standard InChI is InChI=1S/C21H22F2N4O3S2/c1-13-3-6-15(7-4-13)25-20-26-27-21(32-20)31-12-18(28)24-10-9-14-5-8-16(30-19(22)23)17(11-14)29-2/h3-8,11,19H,9-10,12H2,1-2H3,(H,24,28)(H,25,26). The number of rotatable bonds is 11. The first kappa shape index (κ1) is 23.7. The number of halogens is 2. The van der Waals surface area contributed by atoms with Crippen LogP contribution in [0.1, 0.15) is 11.1 Å². The lowest BCUT2D eigenvalue weighted by molar-refractivity contribution is -0.118. The maximum Gasteiger partial charge on any atom is 0.387 e. The minimum absolute atomic E-state index is 0.0278. The number of nitrogens with one attached hydrogen (secondary N) is 2. The normalized spacial score (nSPS) is 10.8. The third-order valence-electron chi connectivity index (χ3n) is 4.22. The van der Waals surface area contributed by atoms with Gasteiger partial charge in [-0.1, -0.05) is 46.9 Å². The number of amides is 1. The van der Waals surface area contributed by atoms with Crippen molar-refractivity contribution in [3.05, 3.63) is 53.6 Å². The predicted molar refractivity (Wildman–Crippen MR) is 121 cm³/mol. The summed E-state index contributed by atoms with van der Waals surface area (Å²) >= 11 is 2.68. The van der Waals surface area contributed by atoms with Crippen molar-refractivity contribution in [2.24, 2.45) is 0 Å². The predicted octanol–water partition coefficient (Wildman–Crippen LogP) is 4.65. The molecule has 2 N–H and O–H groups in total. The molecular weight excluding hydrogens is 458 g/mol. The largest absolute Gasteiger partial charge is 0.493 e. The fourth-order valence-electron chi connectivity index (χ4n) is 2.66. The van der Waals surface area contributed by atoms with Gasteiger partial charge >= 0.3 is 6.61 Å². The number of anilines is 2. The molecule has 0 saturated carbocycles. The zero-order valence-electron chi connectivity index (χ0n) is 17.4. The van der Waals surface area contributed by atoms with Crippen LogP contribution in [0.2, 0.25) is 0 Å². The summed E-state index contributed by atoms with van der Waals surface area (Å²) in [5, 5.41) is 14.8. The van der Waals surface area contributed by atoms with Crippen LogP contribution in [-0.4, -0.2) is 42.1 Å². The van der Waals surface area contributed by atoms with Gasteiger partial charge < -0.3 is 20.1 Å². The molecule has 1 heterocycles. The van der Waals surface area contributed by atoms with Crippen molar-refractivity contribution < 1.29 is 23.0 Å². The van der Waals surface area contributed by atoms with Gasteiger partial charge in [0.25, 0.3) is 0 Å². The average molecular weight is 481 g/mol. The Balaban J connectivity index is 1.41. The number of carbonyl (C=O) groups excluding carboxylic acids is 1. The SMILES string of the molecule is COc1cc(CCNC(=O)CSc2nnc(Nc3ccc(C)cc3)s2)ccc1OC(F)F. The molecule has 0 aliphatic rings. The molecule has 0 atom stereocenters. The van der Waals surface area contributed by atoms with Crippen molar-refractivity contribution in [3.8, 4) is 11.5 Å². The summed E-state index contributed by atoms with van der Waals surface area (Å²) in [5.41, 5.74) is 2.92. The van der Waals surface area contributed by atoms with E-state index < -0.39 is 6.61 Å². The number of benzene rings is 2. The topological polar surface area (TPSA) is 85.4 Å². The van der Waals surface area contributed by atoms with Crippen LogP contribution in [0.25, 0.3) is 0 Å². The second-order valence-corrected chi connectivity index (χ2v) is 8.82. The average Bonchev–Trinajstić information content (AvgIpc) is 3.22. The van der Waals surface area contributed by atoms with Gasteiger partial charge in [0, 0.05) is 12.2 Å². The number of nitrogens with zero attached hydrogens (tertiary/aromatic N) is 2. The Bertz CT molecular complexity index is 1030. The van der Waals surface area contributed by atoms with Crippen molar-refractivity contribution in [2.45, 2.75) is 24.3 Å². The molecule has 7 nitrogen and oxygen atoms in total. The number of methoxy groups -OCH3 is 1. The summed E-state index contributed by atoms with van der Waals surface area (Å²) < 4.78 is 35.0. The molecule has 11 heteroatoms. The maximum atomic E-state index is 12.4. The summed E-state index contributed by atoms with van der Waals surface area (Å²) in [7, 11) is 1.38. The number of hydrogen-bond acceptors (Lipinski definition) is 8. The van der Waals surface area contributed by atoms with Crippen molar-refractivity contribution >= 4 is 39.8 Å². The Kier molecular flexibility index (Phi) is 8.63. The summed E-state index contributed by atoms with van der Waals surface area (Å²) in [6, 6.07) is 12.6. The molecule has 0 bridgehead atoms. The van der Waals surface area contributed by atoms with E-state index >= 15 is 0 Å². The molecule has 1 aromatic heterocycles. The number of alkyl halides is 2. The summed E-state index contributed by atoms with van der Waals surface area (Å²) in [6.07, 6.45) is 0.519. The monoisotopic (exact) mass is 480 g/mol. The van der Waals surface area contributed by atoms with Crippen molar-refractivity contribution in [1.29, 1.82) is 0 Å². The van der Waals surface area contributed by atoms with Crippen LogP contribution in [0, 0.1) is 6.92 Å². The van der Waals surface area contributed by atoms with Crippen LogP contribution in [0.4, 0.5) is 19.6 Å². The lowest BCUT2D eigenvalue weighted by Gasteiger charge is -2.11. The van der Waals surface area contributed by atoms with E-state index in [0.717, 1.165) is 11.3 Å². The van der Waals surface area contributed by atoms with Crippen LogP contribution < -0.4 is 20.1 Å². The van der Waals surface area contributed by atoms with Gasteiger partial charge in [-0.05, 0) is 43.2 Å². The van der Waals surface area contributed by atoms with Crippen LogP contribution in [0.3, 0.4) is 0 Å². The van der Waals surface area contributed by atoms with E-state index in [1.807, 2.05) is 31.2 Å². The molecule has 3 rings (SSSR count). The molecule has 0 unspecified atom stereocenters. The Morgan fingerprint density at radius 1 is 1.16 bits per heavy atom. The molecular formula is C21H22F2N4O3S2. The molecule has 0 saturated heterocycles. The summed E-state index contributed by atoms with van der Waals surface area (Å²) in [4.78, 5) is 12.1. The highest BCUT2D eigenvalue weighted by Crippen LogP contribution is 2.30. The lowest BCUT2D eigenvalue weighted by atomic mass is 10.1. The Morgan fingerprint density at radius 2 is 1.94 bits per heavy atom. The highest BCUT2D eigenvalue weighted by atomic mass is 32.2. The van der Waals surface area contributed by atoms with Crippen molar-refractivity contribution in [3.63, 3.8) is 0 Å². The molecule has 0 aliphatic carbocycles. The van der Waals surface area contributed by atoms with Crippen LogP contribution in [0.5, 0.6) is 11.5 Å². The fraction of sp³-hybridized carbons (Fsp3) is 0.286. The molecule has 0 fully saturated rings. The molecule has 170 valence electrons. The molecule has 0 spiro atoms. The van der Waals surface area contributed by atoms with Crippen molar-refractivity contribution in [1.82, 2.24) is 15.5 Å². The Hall–Kier alpha value is -2.92. The first-order valence-corrected chi connectivity index (χ1v) is 11.4. The van der Waals surface area contributed by atoms with E-state index in [2.05, 4.69) is 25.6 Å². The van der Waals surface area contributed by atoms with E-state index in [0.29, 0.717) is 22.4 Å². The third kappa shape index (κ3) is 7.34. The van der Waals surface area contributed by atoms with E-state index in [1.165, 1.54) is 41.8 Å². The second-order valence-electron chi connectivity index (χ2n) is 6.62. The summed E-state index contributed by atoms with van der Waals surface area (Å²) in [5.74, 6) is 0.266. The first-order chi connectivity index (χ1) is 15.4. The Labute approximate surface area is 192 Å². The van der Waals surface area contributed by atoms with E-state index in [1.54, 1.807) is 12.1 Å². The maximum absolute atomic E-state index is 12.4. The highest BCUT2D eigenvalue weighted by Gasteiger charge is 2.12. The van der Waals surface area contributed by atoms with Gasteiger partial charge in [-0.25, -0.2) is 0 Å². The zero-order valence-corrected chi connectivity index (χ0v) is 19.1. The van der Waals surface area contributed by atoms with Gasteiger partial charge in [0.05, 0.1) is 12.9 Å². The molecule has 1 amide bonds. The van der Waals surface area contributed by atoms with E-state index in [9.17, 15) is 13.6 Å². The lowest BCUT2D eigenvalue weighted by Crippen LogP contribution is -2.27. The first-order valence-electron chi connectivity index (χ1n) is 9.61. The van der Waals surface area contributed by atoms with Gasteiger partial charge in [-0.2, -0.15) is 8.78 Å². The van der Waals surface area contributed by atoms with Crippen molar-refractivity contribution in [2.75, 3.05) is 24.7 Å². The highest BCUT2D eigenvalue weighted by molar-refractivity contribution is 8.01.